The summed E-state index contributed by atoms with van der Waals surface area (Å²) in [6, 6.07) is 0. The first-order valence-electron chi connectivity index (χ1n) is 3.10. The van der Waals surface area contributed by atoms with Gasteiger partial charge < -0.3 is 0 Å². The Hall–Kier alpha value is 0.290. The van der Waals surface area contributed by atoms with Gasteiger partial charge in [-0.25, -0.2) is 0 Å². The SMILES string of the molecule is CC(C)CC(C)[CH]Cl. The number of halogens is 1. The lowest BCUT2D eigenvalue weighted by atomic mass is 10.0. The molecule has 0 saturated heterocycles. The largest absolute Gasteiger partial charge is 0.121 e. The molecular weight excluding hydrogens is 120 g/mol. The van der Waals surface area contributed by atoms with Gasteiger partial charge in [-0.05, 0) is 18.3 Å². The summed E-state index contributed by atoms with van der Waals surface area (Å²) in [6.45, 7) is 6.54. The third-order valence-electron chi connectivity index (χ3n) is 1.06. The predicted molar refractivity (Wildman–Crippen MR) is 38.8 cm³/mol. The van der Waals surface area contributed by atoms with Crippen LogP contribution in [0.15, 0.2) is 0 Å². The van der Waals surface area contributed by atoms with Crippen LogP contribution in [-0.4, -0.2) is 0 Å². The van der Waals surface area contributed by atoms with Crippen LogP contribution in [0.4, 0.5) is 0 Å². The number of hydrogen-bond donors (Lipinski definition) is 0. The van der Waals surface area contributed by atoms with Gasteiger partial charge in [0.05, 0.1) is 5.88 Å². The lowest BCUT2D eigenvalue weighted by Crippen LogP contribution is -1.96. The monoisotopic (exact) mass is 133 g/mol. The first-order chi connectivity index (χ1) is 3.66. The fourth-order valence-electron chi connectivity index (χ4n) is 0.795. The summed E-state index contributed by atoms with van der Waals surface area (Å²) >= 11 is 5.47. The van der Waals surface area contributed by atoms with Crippen LogP contribution in [-0.2, 0) is 0 Å². The summed E-state index contributed by atoms with van der Waals surface area (Å²) in [5, 5.41) is 0. The van der Waals surface area contributed by atoms with Crippen molar-refractivity contribution in [3.63, 3.8) is 0 Å². The van der Waals surface area contributed by atoms with Gasteiger partial charge in [0, 0.05) is 0 Å². The van der Waals surface area contributed by atoms with Gasteiger partial charge >= 0.3 is 0 Å². The molecule has 0 rings (SSSR count). The van der Waals surface area contributed by atoms with Crippen LogP contribution in [0.1, 0.15) is 27.2 Å². The fourth-order valence-corrected chi connectivity index (χ4v) is 0.898. The smallest absolute Gasteiger partial charge is 0.0527 e. The van der Waals surface area contributed by atoms with E-state index in [4.69, 9.17) is 11.6 Å². The van der Waals surface area contributed by atoms with Gasteiger partial charge in [0.15, 0.2) is 0 Å². The molecule has 1 atom stereocenters. The predicted octanol–water partition coefficient (Wildman–Crippen LogP) is 3.07. The Labute approximate surface area is 57.2 Å². The van der Waals surface area contributed by atoms with E-state index in [1.807, 2.05) is 0 Å². The molecule has 0 bridgehead atoms. The highest BCUT2D eigenvalue weighted by molar-refractivity contribution is 6.23. The summed E-state index contributed by atoms with van der Waals surface area (Å²) in [6.07, 6.45) is 1.20. The maximum absolute atomic E-state index is 5.47. The van der Waals surface area contributed by atoms with E-state index in [2.05, 4.69) is 20.8 Å². The van der Waals surface area contributed by atoms with Crippen LogP contribution < -0.4 is 0 Å². The molecule has 0 N–H and O–H groups in total. The minimum Gasteiger partial charge on any atom is -0.121 e. The maximum Gasteiger partial charge on any atom is 0.0527 e. The Morgan fingerprint density at radius 3 is 2.00 bits per heavy atom. The van der Waals surface area contributed by atoms with E-state index < -0.39 is 0 Å². The summed E-state index contributed by atoms with van der Waals surface area (Å²) in [5.74, 6) is 3.07. The second kappa shape index (κ2) is 4.20. The maximum atomic E-state index is 5.47. The molecule has 0 aromatic carbocycles. The molecule has 0 nitrogen and oxygen atoms in total. The quantitative estimate of drug-likeness (QED) is 0.555. The lowest BCUT2D eigenvalue weighted by Gasteiger charge is -2.08. The van der Waals surface area contributed by atoms with Crippen LogP contribution in [0.3, 0.4) is 0 Å². The first-order valence-corrected chi connectivity index (χ1v) is 3.54. The van der Waals surface area contributed by atoms with Crippen LogP contribution >= 0.6 is 11.6 Å². The molecule has 1 heteroatoms. The van der Waals surface area contributed by atoms with Gasteiger partial charge in [-0.3, -0.25) is 0 Å². The molecule has 0 heterocycles. The Morgan fingerprint density at radius 2 is 1.88 bits per heavy atom. The van der Waals surface area contributed by atoms with Gasteiger partial charge in [-0.15, -0.1) is 11.6 Å². The van der Waals surface area contributed by atoms with Crippen molar-refractivity contribution in [3.05, 3.63) is 5.88 Å². The Morgan fingerprint density at radius 1 is 1.38 bits per heavy atom. The van der Waals surface area contributed by atoms with Gasteiger partial charge in [0.25, 0.3) is 0 Å². The molecule has 1 radical (unpaired) electrons. The average Bonchev–Trinajstić information content (AvgIpc) is 1.65. The number of rotatable bonds is 3. The lowest BCUT2D eigenvalue weighted by molar-refractivity contribution is 0.495. The van der Waals surface area contributed by atoms with E-state index >= 15 is 0 Å². The van der Waals surface area contributed by atoms with Gasteiger partial charge in [-0.1, -0.05) is 20.8 Å². The molecule has 0 aliphatic carbocycles. The van der Waals surface area contributed by atoms with Crippen molar-refractivity contribution in [3.8, 4) is 0 Å². The van der Waals surface area contributed by atoms with E-state index in [9.17, 15) is 0 Å². The molecule has 0 amide bonds. The Balaban J connectivity index is 3.10. The Bertz CT molecular complexity index is 50.3. The number of hydrogen-bond acceptors (Lipinski definition) is 0. The standard InChI is InChI=1S/C7H14Cl/c1-6(2)4-7(3)5-8/h5-7H,4H2,1-3H3. The molecular formula is C7H14Cl. The third-order valence-corrected chi connectivity index (χ3v) is 1.49. The van der Waals surface area contributed by atoms with E-state index in [1.165, 1.54) is 6.42 Å². The highest BCUT2D eigenvalue weighted by Gasteiger charge is 2.01. The molecule has 49 valence electrons. The molecule has 0 fully saturated rings. The van der Waals surface area contributed by atoms with Crippen LogP contribution in [0.5, 0.6) is 0 Å². The highest BCUT2D eigenvalue weighted by atomic mass is 35.5. The summed E-state index contributed by atoms with van der Waals surface area (Å²) in [7, 11) is 0. The van der Waals surface area contributed by atoms with Crippen molar-refractivity contribution in [1.29, 1.82) is 0 Å². The van der Waals surface area contributed by atoms with Crippen molar-refractivity contribution in [2.24, 2.45) is 11.8 Å². The molecule has 0 aliphatic rings. The van der Waals surface area contributed by atoms with E-state index in [0.29, 0.717) is 5.92 Å². The van der Waals surface area contributed by atoms with Gasteiger partial charge in [0.2, 0.25) is 0 Å². The van der Waals surface area contributed by atoms with E-state index in [0.717, 1.165) is 5.92 Å². The second-order valence-corrected chi connectivity index (χ2v) is 2.98. The topological polar surface area (TPSA) is 0 Å². The summed E-state index contributed by atoms with van der Waals surface area (Å²) in [4.78, 5) is 0. The van der Waals surface area contributed by atoms with Crippen LogP contribution in [0.25, 0.3) is 0 Å². The van der Waals surface area contributed by atoms with Gasteiger partial charge in [-0.2, -0.15) is 0 Å². The first kappa shape index (κ1) is 8.29. The van der Waals surface area contributed by atoms with Crippen LogP contribution in [0, 0.1) is 17.7 Å². The zero-order chi connectivity index (χ0) is 6.57. The van der Waals surface area contributed by atoms with Crippen LogP contribution in [0.2, 0.25) is 0 Å². The van der Waals surface area contributed by atoms with Crippen molar-refractivity contribution >= 4 is 11.6 Å². The molecule has 8 heavy (non-hydrogen) atoms. The average molecular weight is 134 g/mol. The van der Waals surface area contributed by atoms with Crippen molar-refractivity contribution in [2.75, 3.05) is 0 Å². The van der Waals surface area contributed by atoms with Crippen molar-refractivity contribution in [2.45, 2.75) is 27.2 Å². The van der Waals surface area contributed by atoms with Crippen molar-refractivity contribution < 1.29 is 0 Å². The normalized spacial score (nSPS) is 14.6. The second-order valence-electron chi connectivity index (χ2n) is 2.73. The van der Waals surface area contributed by atoms with Gasteiger partial charge in [0.1, 0.15) is 0 Å². The molecule has 0 aliphatic heterocycles. The molecule has 0 aromatic heterocycles. The highest BCUT2D eigenvalue weighted by Crippen LogP contribution is 2.14. The molecule has 0 aromatic rings. The van der Waals surface area contributed by atoms with E-state index in [-0.39, 0.29) is 0 Å². The summed E-state index contributed by atoms with van der Waals surface area (Å²) < 4.78 is 0. The zero-order valence-electron chi connectivity index (χ0n) is 5.82. The minimum atomic E-state index is 0.566. The van der Waals surface area contributed by atoms with E-state index in [1.54, 1.807) is 5.88 Å². The molecule has 0 spiro atoms. The molecule has 1 unspecified atom stereocenters. The minimum absolute atomic E-state index is 0.566. The van der Waals surface area contributed by atoms with Crippen molar-refractivity contribution in [1.82, 2.24) is 0 Å². The third kappa shape index (κ3) is 4.45. The zero-order valence-corrected chi connectivity index (χ0v) is 6.57. The molecule has 0 saturated carbocycles. The fraction of sp³-hybridized carbons (Fsp3) is 0.857. The Kier molecular flexibility index (Phi) is 4.35. The summed E-state index contributed by atoms with van der Waals surface area (Å²) in [5.41, 5.74) is 0.